The van der Waals surface area contributed by atoms with Crippen molar-refractivity contribution < 1.29 is 8.42 Å². The van der Waals surface area contributed by atoms with Crippen molar-refractivity contribution in [3.63, 3.8) is 0 Å². The van der Waals surface area contributed by atoms with Crippen molar-refractivity contribution in [3.05, 3.63) is 34.9 Å². The molecule has 0 saturated heterocycles. The summed E-state index contributed by atoms with van der Waals surface area (Å²) in [6.45, 7) is 7.19. The highest BCUT2D eigenvalue weighted by atomic mass is 32.2. The van der Waals surface area contributed by atoms with Gasteiger partial charge in [-0.25, -0.2) is 8.42 Å². The van der Waals surface area contributed by atoms with E-state index < -0.39 is 9.84 Å². The fraction of sp³-hybridized carbons (Fsp3) is 0.600. The fourth-order valence-electron chi connectivity index (χ4n) is 2.02. The molecule has 1 aromatic rings. The van der Waals surface area contributed by atoms with E-state index in [2.05, 4.69) is 44.3 Å². The summed E-state index contributed by atoms with van der Waals surface area (Å²) in [5.41, 5.74) is 3.70. The lowest BCUT2D eigenvalue weighted by Crippen LogP contribution is -2.24. The fourth-order valence-corrected chi connectivity index (χ4v) is 2.68. The maximum absolute atomic E-state index is 11.3. The Kier molecular flexibility index (Phi) is 6.01. The van der Waals surface area contributed by atoms with E-state index in [9.17, 15) is 8.42 Å². The smallest absolute Gasteiger partial charge is 0.147 e. The first-order valence-corrected chi connectivity index (χ1v) is 8.88. The zero-order chi connectivity index (χ0) is 14.5. The summed E-state index contributed by atoms with van der Waals surface area (Å²) in [5.74, 6) is 0.224. The summed E-state index contributed by atoms with van der Waals surface area (Å²) in [4.78, 5) is 0. The molecule has 1 unspecified atom stereocenters. The van der Waals surface area contributed by atoms with E-state index >= 15 is 0 Å². The molecular weight excluding hydrogens is 258 g/mol. The molecule has 0 saturated carbocycles. The summed E-state index contributed by atoms with van der Waals surface area (Å²) in [6.07, 6.45) is 2.96. The van der Waals surface area contributed by atoms with Gasteiger partial charge < -0.3 is 5.32 Å². The van der Waals surface area contributed by atoms with E-state index in [-0.39, 0.29) is 11.8 Å². The van der Waals surface area contributed by atoms with Gasteiger partial charge >= 0.3 is 0 Å². The predicted molar refractivity (Wildman–Crippen MR) is 81.3 cm³/mol. The minimum Gasteiger partial charge on any atom is -0.310 e. The lowest BCUT2D eigenvalue weighted by molar-refractivity contribution is 0.513. The van der Waals surface area contributed by atoms with Crippen LogP contribution in [0, 0.1) is 13.8 Å². The molecule has 0 bridgehead atoms. The second-order valence-corrected chi connectivity index (χ2v) is 7.53. The first-order valence-electron chi connectivity index (χ1n) is 6.81. The minimum absolute atomic E-state index is 0.119. The third-order valence-electron chi connectivity index (χ3n) is 3.35. The van der Waals surface area contributed by atoms with Gasteiger partial charge in [-0.05, 0) is 49.9 Å². The maximum Gasteiger partial charge on any atom is 0.147 e. The van der Waals surface area contributed by atoms with Gasteiger partial charge in [0.2, 0.25) is 0 Å². The lowest BCUT2D eigenvalue weighted by Gasteiger charge is -2.19. The Balaban J connectivity index is 2.85. The molecule has 0 aliphatic heterocycles. The van der Waals surface area contributed by atoms with Crippen LogP contribution in [-0.4, -0.2) is 27.0 Å². The van der Waals surface area contributed by atoms with Crippen molar-refractivity contribution in [1.29, 1.82) is 0 Å². The number of nitrogens with one attached hydrogen (secondary N) is 1. The third kappa shape index (κ3) is 5.74. The van der Waals surface area contributed by atoms with Crippen molar-refractivity contribution in [2.45, 2.75) is 39.7 Å². The molecular formula is C15H25NO2S. The van der Waals surface area contributed by atoms with Crippen LogP contribution in [0.1, 0.15) is 42.5 Å². The van der Waals surface area contributed by atoms with Gasteiger partial charge in [-0.2, -0.15) is 0 Å². The first kappa shape index (κ1) is 16.2. The van der Waals surface area contributed by atoms with Crippen molar-refractivity contribution in [1.82, 2.24) is 5.32 Å². The SMILES string of the molecule is CCCNC(CCS(C)(=O)=O)c1ccc(C)c(C)c1. The summed E-state index contributed by atoms with van der Waals surface area (Å²) < 4.78 is 22.7. The van der Waals surface area contributed by atoms with Crippen molar-refractivity contribution in [2.24, 2.45) is 0 Å². The molecule has 108 valence electrons. The van der Waals surface area contributed by atoms with Crippen LogP contribution in [-0.2, 0) is 9.84 Å². The highest BCUT2D eigenvalue weighted by molar-refractivity contribution is 7.90. The number of rotatable bonds is 7. The van der Waals surface area contributed by atoms with Crippen LogP contribution in [0.25, 0.3) is 0 Å². The van der Waals surface area contributed by atoms with Crippen molar-refractivity contribution in [3.8, 4) is 0 Å². The summed E-state index contributed by atoms with van der Waals surface area (Å²) in [6, 6.07) is 6.48. The molecule has 0 aliphatic rings. The van der Waals surface area contributed by atoms with Gasteiger partial charge in [-0.1, -0.05) is 25.1 Å². The number of sulfone groups is 1. The monoisotopic (exact) mass is 283 g/mol. The van der Waals surface area contributed by atoms with Crippen LogP contribution >= 0.6 is 0 Å². The number of benzene rings is 1. The Morgan fingerprint density at radius 1 is 1.21 bits per heavy atom. The molecule has 1 atom stereocenters. The van der Waals surface area contributed by atoms with Crippen LogP contribution in [0.2, 0.25) is 0 Å². The summed E-state index contributed by atoms with van der Waals surface area (Å²) in [7, 11) is -2.91. The minimum atomic E-state index is -2.91. The normalized spacial score (nSPS) is 13.5. The average molecular weight is 283 g/mol. The van der Waals surface area contributed by atoms with E-state index in [4.69, 9.17) is 0 Å². The van der Waals surface area contributed by atoms with Crippen LogP contribution < -0.4 is 5.32 Å². The largest absolute Gasteiger partial charge is 0.310 e. The molecule has 0 fully saturated rings. The zero-order valence-electron chi connectivity index (χ0n) is 12.4. The standard InChI is InChI=1S/C15H25NO2S/c1-5-9-16-15(8-10-19(4,17)18)14-7-6-12(2)13(3)11-14/h6-7,11,15-16H,5,8-10H2,1-4H3. The molecule has 0 spiro atoms. The van der Waals surface area contributed by atoms with E-state index in [1.54, 1.807) is 0 Å². The lowest BCUT2D eigenvalue weighted by atomic mass is 9.99. The van der Waals surface area contributed by atoms with Gasteiger partial charge in [0.05, 0.1) is 5.75 Å². The molecule has 3 nitrogen and oxygen atoms in total. The molecule has 4 heteroatoms. The molecule has 0 amide bonds. The van der Waals surface area contributed by atoms with Crippen LogP contribution in [0.5, 0.6) is 0 Å². The molecule has 19 heavy (non-hydrogen) atoms. The zero-order valence-corrected chi connectivity index (χ0v) is 13.2. The second-order valence-electron chi connectivity index (χ2n) is 5.27. The maximum atomic E-state index is 11.3. The van der Waals surface area contributed by atoms with Crippen LogP contribution in [0.15, 0.2) is 18.2 Å². The Bertz CT molecular complexity index is 509. The third-order valence-corrected chi connectivity index (χ3v) is 4.33. The molecule has 0 aliphatic carbocycles. The first-order chi connectivity index (χ1) is 8.83. The average Bonchev–Trinajstić information content (AvgIpc) is 2.32. The van der Waals surface area contributed by atoms with Gasteiger partial charge in [-0.15, -0.1) is 0 Å². The quantitative estimate of drug-likeness (QED) is 0.837. The highest BCUT2D eigenvalue weighted by Gasteiger charge is 2.14. The second kappa shape index (κ2) is 7.06. The van der Waals surface area contributed by atoms with E-state index in [1.165, 1.54) is 22.9 Å². The Morgan fingerprint density at radius 3 is 2.42 bits per heavy atom. The van der Waals surface area contributed by atoms with E-state index in [0.717, 1.165) is 13.0 Å². The molecule has 1 rings (SSSR count). The number of hydrogen-bond acceptors (Lipinski definition) is 3. The van der Waals surface area contributed by atoms with Crippen LogP contribution in [0.3, 0.4) is 0 Å². The Hall–Kier alpha value is -0.870. The molecule has 0 radical (unpaired) electrons. The van der Waals surface area contributed by atoms with Gasteiger partial charge in [0.25, 0.3) is 0 Å². The topological polar surface area (TPSA) is 46.2 Å². The Labute approximate surface area is 117 Å². The van der Waals surface area contributed by atoms with Gasteiger partial charge in [-0.3, -0.25) is 0 Å². The number of hydrogen-bond donors (Lipinski definition) is 1. The summed E-state index contributed by atoms with van der Waals surface area (Å²) in [5, 5.41) is 3.44. The van der Waals surface area contributed by atoms with Gasteiger partial charge in [0, 0.05) is 12.3 Å². The van der Waals surface area contributed by atoms with Crippen molar-refractivity contribution in [2.75, 3.05) is 18.6 Å². The molecule has 1 aromatic carbocycles. The Morgan fingerprint density at radius 2 is 1.89 bits per heavy atom. The molecule has 0 heterocycles. The van der Waals surface area contributed by atoms with Crippen molar-refractivity contribution >= 4 is 9.84 Å². The highest BCUT2D eigenvalue weighted by Crippen LogP contribution is 2.20. The molecule has 0 aromatic heterocycles. The van der Waals surface area contributed by atoms with Gasteiger partial charge in [0.15, 0.2) is 0 Å². The van der Waals surface area contributed by atoms with E-state index in [1.807, 2.05) is 0 Å². The van der Waals surface area contributed by atoms with Gasteiger partial charge in [0.1, 0.15) is 9.84 Å². The van der Waals surface area contributed by atoms with E-state index in [0.29, 0.717) is 6.42 Å². The molecule has 1 N–H and O–H groups in total. The number of aryl methyl sites for hydroxylation is 2. The van der Waals surface area contributed by atoms with Crippen LogP contribution in [0.4, 0.5) is 0 Å². The predicted octanol–water partition coefficient (Wildman–Crippen LogP) is 2.78. The summed E-state index contributed by atoms with van der Waals surface area (Å²) >= 11 is 0.